The van der Waals surface area contributed by atoms with Crippen molar-refractivity contribution in [3.05, 3.63) is 61.6 Å². The largest absolute Gasteiger partial charge is 0.369 e. The molecule has 114 valence electrons. The van der Waals surface area contributed by atoms with E-state index >= 15 is 0 Å². The summed E-state index contributed by atoms with van der Waals surface area (Å²) in [5.41, 5.74) is 5.91. The number of anilines is 1. The summed E-state index contributed by atoms with van der Waals surface area (Å²) < 4.78 is 0. The molecule has 3 N–H and O–H groups in total. The summed E-state index contributed by atoms with van der Waals surface area (Å²) in [7, 11) is 0. The van der Waals surface area contributed by atoms with Crippen LogP contribution in [0.25, 0.3) is 12.2 Å². The summed E-state index contributed by atoms with van der Waals surface area (Å²) in [6, 6.07) is 7.76. The van der Waals surface area contributed by atoms with Crippen LogP contribution in [-0.2, 0) is 0 Å². The first-order chi connectivity index (χ1) is 10.4. The molecule has 1 heterocycles. The molecule has 0 radical (unpaired) electrons. The van der Waals surface area contributed by atoms with Crippen LogP contribution < -0.4 is 11.3 Å². The lowest BCUT2D eigenvalue weighted by Crippen LogP contribution is -2.17. The van der Waals surface area contributed by atoms with Gasteiger partial charge in [0.25, 0.3) is 0 Å². The fourth-order valence-electron chi connectivity index (χ4n) is 1.96. The molecule has 0 bridgehead atoms. The Kier molecular flexibility index (Phi) is 4.36. The molecular formula is C15H16N4O3. The molecule has 0 aliphatic carbocycles. The first-order valence-electron chi connectivity index (χ1n) is 6.70. The van der Waals surface area contributed by atoms with E-state index in [1.165, 1.54) is 11.6 Å². The van der Waals surface area contributed by atoms with Gasteiger partial charge in [-0.05, 0) is 23.1 Å². The molecule has 0 amide bonds. The number of benzene rings is 1. The Morgan fingerprint density at radius 1 is 1.27 bits per heavy atom. The van der Waals surface area contributed by atoms with E-state index < -0.39 is 16.2 Å². The number of nitrogens with two attached hydrogens (primary N) is 1. The van der Waals surface area contributed by atoms with Crippen LogP contribution in [0.5, 0.6) is 0 Å². The SMILES string of the molecule is CC(C)c1ccc(/C=C/c2nc(N)[nH]c(=O)c2[N+](=O)[O-])cc1. The van der Waals surface area contributed by atoms with Gasteiger partial charge in [-0.15, -0.1) is 0 Å². The van der Waals surface area contributed by atoms with E-state index in [-0.39, 0.29) is 11.6 Å². The highest BCUT2D eigenvalue weighted by atomic mass is 16.6. The van der Waals surface area contributed by atoms with E-state index in [2.05, 4.69) is 23.8 Å². The maximum Gasteiger partial charge on any atom is 0.359 e. The van der Waals surface area contributed by atoms with Crippen LogP contribution in [0, 0.1) is 10.1 Å². The Bertz CT molecular complexity index is 776. The number of aromatic nitrogens is 2. The van der Waals surface area contributed by atoms with Crippen LogP contribution in [0.2, 0.25) is 0 Å². The molecule has 1 aromatic carbocycles. The van der Waals surface area contributed by atoms with Gasteiger partial charge in [0, 0.05) is 0 Å². The molecule has 0 atom stereocenters. The highest BCUT2D eigenvalue weighted by molar-refractivity contribution is 5.72. The smallest absolute Gasteiger partial charge is 0.359 e. The monoisotopic (exact) mass is 300 g/mol. The van der Waals surface area contributed by atoms with Crippen LogP contribution in [-0.4, -0.2) is 14.9 Å². The van der Waals surface area contributed by atoms with Gasteiger partial charge in [-0.1, -0.05) is 44.2 Å². The maximum absolute atomic E-state index is 11.6. The predicted molar refractivity (Wildman–Crippen MR) is 85.4 cm³/mol. The fourth-order valence-corrected chi connectivity index (χ4v) is 1.96. The Morgan fingerprint density at radius 3 is 2.45 bits per heavy atom. The minimum atomic E-state index is -0.868. The van der Waals surface area contributed by atoms with Crippen LogP contribution in [0.15, 0.2) is 29.1 Å². The average Bonchev–Trinajstić information content (AvgIpc) is 2.44. The molecular weight excluding hydrogens is 284 g/mol. The number of nitrogen functional groups attached to an aromatic ring is 1. The summed E-state index contributed by atoms with van der Waals surface area (Å²) in [5, 5.41) is 11.0. The lowest BCUT2D eigenvalue weighted by atomic mass is 10.0. The molecule has 0 spiro atoms. The molecule has 1 aromatic heterocycles. The van der Waals surface area contributed by atoms with Gasteiger partial charge in [0.1, 0.15) is 0 Å². The third-order valence-electron chi connectivity index (χ3n) is 3.16. The van der Waals surface area contributed by atoms with E-state index in [0.717, 1.165) is 5.56 Å². The van der Waals surface area contributed by atoms with E-state index in [1.54, 1.807) is 6.08 Å². The van der Waals surface area contributed by atoms with Gasteiger partial charge in [0.05, 0.1) is 4.92 Å². The first kappa shape index (κ1) is 15.4. The van der Waals surface area contributed by atoms with Gasteiger partial charge in [-0.3, -0.25) is 19.9 Å². The Labute approximate surface area is 126 Å². The summed E-state index contributed by atoms with van der Waals surface area (Å²) in [6.45, 7) is 4.19. The normalized spacial score (nSPS) is 11.2. The van der Waals surface area contributed by atoms with Crippen LogP contribution in [0.3, 0.4) is 0 Å². The summed E-state index contributed by atoms with van der Waals surface area (Å²) in [4.78, 5) is 27.7. The third-order valence-corrected chi connectivity index (χ3v) is 3.16. The summed E-state index contributed by atoms with van der Waals surface area (Å²) >= 11 is 0. The molecule has 7 nitrogen and oxygen atoms in total. The number of hydrogen-bond donors (Lipinski definition) is 2. The highest BCUT2D eigenvalue weighted by Crippen LogP contribution is 2.18. The number of nitro groups is 1. The third kappa shape index (κ3) is 3.38. The zero-order valence-corrected chi connectivity index (χ0v) is 12.2. The minimum Gasteiger partial charge on any atom is -0.369 e. The van der Waals surface area contributed by atoms with Crippen LogP contribution >= 0.6 is 0 Å². The van der Waals surface area contributed by atoms with Crippen LogP contribution in [0.1, 0.15) is 36.6 Å². The van der Waals surface area contributed by atoms with Crippen molar-refractivity contribution in [1.82, 2.24) is 9.97 Å². The fraction of sp³-hybridized carbons (Fsp3) is 0.200. The van der Waals surface area contributed by atoms with Crippen molar-refractivity contribution in [2.45, 2.75) is 19.8 Å². The Morgan fingerprint density at radius 2 is 1.91 bits per heavy atom. The molecule has 0 saturated heterocycles. The maximum atomic E-state index is 11.6. The molecule has 0 saturated carbocycles. The Balaban J connectivity index is 2.37. The quantitative estimate of drug-likeness (QED) is 0.665. The van der Waals surface area contributed by atoms with Gasteiger partial charge in [-0.25, -0.2) is 4.98 Å². The molecule has 0 aliphatic heterocycles. The molecule has 7 heteroatoms. The average molecular weight is 300 g/mol. The summed E-state index contributed by atoms with van der Waals surface area (Å²) in [6.07, 6.45) is 3.06. The van der Waals surface area contributed by atoms with Crippen molar-refractivity contribution in [3.63, 3.8) is 0 Å². The lowest BCUT2D eigenvalue weighted by Gasteiger charge is -2.04. The first-order valence-corrected chi connectivity index (χ1v) is 6.70. The van der Waals surface area contributed by atoms with Gasteiger partial charge in [0.2, 0.25) is 5.95 Å². The van der Waals surface area contributed by atoms with Gasteiger partial charge < -0.3 is 5.73 Å². The second-order valence-corrected chi connectivity index (χ2v) is 5.10. The standard InChI is InChI=1S/C15H16N4O3/c1-9(2)11-6-3-10(4-7-11)5-8-12-13(19(21)22)14(20)18-15(16)17-12/h3-9H,1-2H3,(H3,16,17,18,20)/b8-5+. The number of nitrogens with zero attached hydrogens (tertiary/aromatic N) is 2. The topological polar surface area (TPSA) is 115 Å². The number of H-pyrrole nitrogens is 1. The molecule has 22 heavy (non-hydrogen) atoms. The second kappa shape index (κ2) is 6.21. The van der Waals surface area contributed by atoms with Crippen molar-refractivity contribution < 1.29 is 4.92 Å². The molecule has 0 fully saturated rings. The van der Waals surface area contributed by atoms with Gasteiger partial charge >= 0.3 is 11.2 Å². The minimum absolute atomic E-state index is 0.0702. The highest BCUT2D eigenvalue weighted by Gasteiger charge is 2.19. The molecule has 0 unspecified atom stereocenters. The van der Waals surface area contributed by atoms with E-state index in [4.69, 9.17) is 5.73 Å². The number of hydrogen-bond acceptors (Lipinski definition) is 5. The number of nitrogens with one attached hydrogen (secondary N) is 1. The van der Waals surface area contributed by atoms with Crippen molar-refractivity contribution in [2.24, 2.45) is 0 Å². The zero-order chi connectivity index (χ0) is 16.3. The molecule has 2 rings (SSSR count). The van der Waals surface area contributed by atoms with Crippen LogP contribution in [0.4, 0.5) is 11.6 Å². The Hall–Kier alpha value is -2.96. The predicted octanol–water partition coefficient (Wildman–Crippen LogP) is 2.55. The number of rotatable bonds is 4. The van der Waals surface area contributed by atoms with E-state index in [9.17, 15) is 14.9 Å². The van der Waals surface area contributed by atoms with Crippen molar-refractivity contribution in [3.8, 4) is 0 Å². The molecule has 2 aromatic rings. The van der Waals surface area contributed by atoms with Crippen molar-refractivity contribution in [1.29, 1.82) is 0 Å². The summed E-state index contributed by atoms with van der Waals surface area (Å²) in [5.74, 6) is 0.263. The zero-order valence-electron chi connectivity index (χ0n) is 12.2. The molecule has 0 aliphatic rings. The van der Waals surface area contributed by atoms with Crippen molar-refractivity contribution >= 4 is 23.8 Å². The van der Waals surface area contributed by atoms with Gasteiger partial charge in [0.15, 0.2) is 5.69 Å². The second-order valence-electron chi connectivity index (χ2n) is 5.10. The number of aromatic amines is 1. The van der Waals surface area contributed by atoms with Gasteiger partial charge in [-0.2, -0.15) is 0 Å². The van der Waals surface area contributed by atoms with E-state index in [0.29, 0.717) is 5.92 Å². The van der Waals surface area contributed by atoms with E-state index in [1.807, 2.05) is 24.3 Å². The van der Waals surface area contributed by atoms with Crippen molar-refractivity contribution in [2.75, 3.05) is 5.73 Å². The lowest BCUT2D eigenvalue weighted by molar-refractivity contribution is -0.386.